The van der Waals surface area contributed by atoms with E-state index in [1.54, 1.807) is 19.9 Å². The standard InChI is InChI=1S/C12H17N3O3/c1-7-5-9(3-4-10(7)16)12(17)14-8(2)6-11(13)15-18/h3-5,8,16,18H,6H2,1-2H3,(H2,13,15)(H,14,17). The number of nitrogens with one attached hydrogen (secondary N) is 1. The van der Waals surface area contributed by atoms with Crippen LogP contribution in [0.5, 0.6) is 5.75 Å². The van der Waals surface area contributed by atoms with Gasteiger partial charge in [0.15, 0.2) is 0 Å². The Bertz CT molecular complexity index is 472. The Hall–Kier alpha value is -2.24. The fraction of sp³-hybridized carbons (Fsp3) is 0.333. The summed E-state index contributed by atoms with van der Waals surface area (Å²) in [4.78, 5) is 11.9. The Morgan fingerprint density at radius 3 is 2.78 bits per heavy atom. The monoisotopic (exact) mass is 251 g/mol. The molecule has 0 aliphatic heterocycles. The molecule has 1 aromatic rings. The van der Waals surface area contributed by atoms with Gasteiger partial charge in [0, 0.05) is 18.0 Å². The third kappa shape index (κ3) is 3.65. The Balaban J connectivity index is 2.67. The van der Waals surface area contributed by atoms with Crippen molar-refractivity contribution in [3.05, 3.63) is 29.3 Å². The Morgan fingerprint density at radius 2 is 2.22 bits per heavy atom. The van der Waals surface area contributed by atoms with Crippen LogP contribution < -0.4 is 11.1 Å². The van der Waals surface area contributed by atoms with Crippen molar-refractivity contribution in [1.29, 1.82) is 0 Å². The van der Waals surface area contributed by atoms with Crippen LogP contribution in [-0.4, -0.2) is 28.1 Å². The molecule has 0 heterocycles. The Morgan fingerprint density at radius 1 is 1.56 bits per heavy atom. The smallest absolute Gasteiger partial charge is 0.251 e. The van der Waals surface area contributed by atoms with Gasteiger partial charge in [0.2, 0.25) is 0 Å². The van der Waals surface area contributed by atoms with Crippen LogP contribution in [0.3, 0.4) is 0 Å². The maximum Gasteiger partial charge on any atom is 0.251 e. The van der Waals surface area contributed by atoms with Gasteiger partial charge in [-0.1, -0.05) is 5.16 Å². The molecule has 1 unspecified atom stereocenters. The van der Waals surface area contributed by atoms with Gasteiger partial charge in [-0.25, -0.2) is 0 Å². The minimum absolute atomic E-state index is 0.0599. The summed E-state index contributed by atoms with van der Waals surface area (Å²) < 4.78 is 0. The number of aromatic hydroxyl groups is 1. The van der Waals surface area contributed by atoms with Crippen LogP contribution in [0, 0.1) is 6.92 Å². The largest absolute Gasteiger partial charge is 0.508 e. The normalized spacial score (nSPS) is 13.1. The minimum Gasteiger partial charge on any atom is -0.508 e. The van der Waals surface area contributed by atoms with Gasteiger partial charge >= 0.3 is 0 Å². The van der Waals surface area contributed by atoms with Gasteiger partial charge in [-0.3, -0.25) is 4.79 Å². The number of carbonyl (C=O) groups excluding carboxylic acids is 1. The van der Waals surface area contributed by atoms with E-state index in [1.807, 2.05) is 0 Å². The van der Waals surface area contributed by atoms with Crippen LogP contribution in [0.25, 0.3) is 0 Å². The zero-order valence-corrected chi connectivity index (χ0v) is 10.3. The zero-order valence-electron chi connectivity index (χ0n) is 10.3. The molecule has 1 amide bonds. The number of aryl methyl sites for hydroxylation is 1. The lowest BCUT2D eigenvalue weighted by Gasteiger charge is -2.13. The van der Waals surface area contributed by atoms with Crippen LogP contribution in [0.2, 0.25) is 0 Å². The molecule has 1 aromatic carbocycles. The molecule has 18 heavy (non-hydrogen) atoms. The molecule has 0 fully saturated rings. The van der Waals surface area contributed by atoms with Crippen molar-refractivity contribution in [2.45, 2.75) is 26.3 Å². The van der Waals surface area contributed by atoms with Gasteiger partial charge in [-0.15, -0.1) is 0 Å². The van der Waals surface area contributed by atoms with E-state index in [0.717, 1.165) is 0 Å². The Kier molecular flexibility index (Phi) is 4.53. The van der Waals surface area contributed by atoms with E-state index in [9.17, 15) is 9.90 Å². The topological polar surface area (TPSA) is 108 Å². The summed E-state index contributed by atoms with van der Waals surface area (Å²) in [5.41, 5.74) is 6.43. The van der Waals surface area contributed by atoms with Crippen molar-refractivity contribution in [3.8, 4) is 5.75 Å². The number of nitrogens with zero attached hydrogens (tertiary/aromatic N) is 1. The summed E-state index contributed by atoms with van der Waals surface area (Å²) in [7, 11) is 0. The first-order valence-electron chi connectivity index (χ1n) is 5.51. The van der Waals surface area contributed by atoms with E-state index in [2.05, 4.69) is 10.5 Å². The van der Waals surface area contributed by atoms with Gasteiger partial charge in [0.05, 0.1) is 0 Å². The number of amidine groups is 1. The predicted molar refractivity (Wildman–Crippen MR) is 67.8 cm³/mol. The molecule has 0 bridgehead atoms. The summed E-state index contributed by atoms with van der Waals surface area (Å²) in [5.74, 6) is -0.0581. The van der Waals surface area contributed by atoms with E-state index in [0.29, 0.717) is 11.1 Å². The summed E-state index contributed by atoms with van der Waals surface area (Å²) in [5, 5.41) is 23.4. The highest BCUT2D eigenvalue weighted by molar-refractivity contribution is 5.95. The van der Waals surface area contributed by atoms with Crippen molar-refractivity contribution >= 4 is 11.7 Å². The Labute approximate surface area is 105 Å². The van der Waals surface area contributed by atoms with Crippen LogP contribution in [-0.2, 0) is 0 Å². The predicted octanol–water partition coefficient (Wildman–Crippen LogP) is 0.955. The summed E-state index contributed by atoms with van der Waals surface area (Å²) >= 11 is 0. The fourth-order valence-corrected chi connectivity index (χ4v) is 1.51. The second kappa shape index (κ2) is 5.90. The number of carbonyl (C=O) groups is 1. The highest BCUT2D eigenvalue weighted by Gasteiger charge is 2.12. The molecule has 98 valence electrons. The maximum absolute atomic E-state index is 11.9. The van der Waals surface area contributed by atoms with Crippen molar-refractivity contribution < 1.29 is 15.1 Å². The number of oxime groups is 1. The minimum atomic E-state index is -0.267. The number of phenols is 1. The molecule has 6 heteroatoms. The van der Waals surface area contributed by atoms with E-state index < -0.39 is 0 Å². The molecule has 0 aliphatic carbocycles. The first-order valence-corrected chi connectivity index (χ1v) is 5.51. The number of nitrogens with two attached hydrogens (primary N) is 1. The molecule has 0 spiro atoms. The SMILES string of the molecule is Cc1cc(C(=O)NC(C)C/C(N)=N/O)ccc1O. The zero-order chi connectivity index (χ0) is 13.7. The van der Waals surface area contributed by atoms with E-state index >= 15 is 0 Å². The molecular weight excluding hydrogens is 234 g/mol. The molecule has 1 atom stereocenters. The average molecular weight is 251 g/mol. The van der Waals surface area contributed by atoms with Crippen LogP contribution in [0.15, 0.2) is 23.4 Å². The summed E-state index contributed by atoms with van der Waals surface area (Å²) in [6.45, 7) is 3.47. The van der Waals surface area contributed by atoms with E-state index in [1.165, 1.54) is 12.1 Å². The van der Waals surface area contributed by atoms with Crippen LogP contribution in [0.1, 0.15) is 29.3 Å². The van der Waals surface area contributed by atoms with Gasteiger partial charge in [-0.2, -0.15) is 0 Å². The molecule has 0 aromatic heterocycles. The van der Waals surface area contributed by atoms with E-state index in [-0.39, 0.29) is 30.0 Å². The lowest BCUT2D eigenvalue weighted by Crippen LogP contribution is -2.35. The van der Waals surface area contributed by atoms with Gasteiger partial charge in [0.25, 0.3) is 5.91 Å². The molecule has 0 saturated heterocycles. The lowest BCUT2D eigenvalue weighted by atomic mass is 10.1. The number of hydrogen-bond donors (Lipinski definition) is 4. The van der Waals surface area contributed by atoms with Crippen LogP contribution in [0.4, 0.5) is 0 Å². The quantitative estimate of drug-likeness (QED) is 0.276. The number of phenolic OH excluding ortho intramolecular Hbond substituents is 1. The van der Waals surface area contributed by atoms with Crippen molar-refractivity contribution in [2.24, 2.45) is 10.9 Å². The number of hydrogen-bond acceptors (Lipinski definition) is 4. The lowest BCUT2D eigenvalue weighted by molar-refractivity contribution is 0.0941. The first kappa shape index (κ1) is 13.8. The molecule has 1 rings (SSSR count). The van der Waals surface area contributed by atoms with Gasteiger partial charge < -0.3 is 21.4 Å². The van der Waals surface area contributed by atoms with Gasteiger partial charge in [-0.05, 0) is 37.6 Å². The highest BCUT2D eigenvalue weighted by Crippen LogP contribution is 2.16. The second-order valence-electron chi connectivity index (χ2n) is 4.17. The maximum atomic E-state index is 11.9. The van der Waals surface area contributed by atoms with E-state index in [4.69, 9.17) is 10.9 Å². The average Bonchev–Trinajstić information content (AvgIpc) is 2.32. The van der Waals surface area contributed by atoms with Gasteiger partial charge in [0.1, 0.15) is 11.6 Å². The third-order valence-corrected chi connectivity index (χ3v) is 2.48. The third-order valence-electron chi connectivity index (χ3n) is 2.48. The molecule has 0 saturated carbocycles. The fourth-order valence-electron chi connectivity index (χ4n) is 1.51. The molecule has 6 nitrogen and oxygen atoms in total. The molecule has 5 N–H and O–H groups in total. The number of amides is 1. The summed E-state index contributed by atoms with van der Waals surface area (Å²) in [6.07, 6.45) is 0.263. The number of rotatable bonds is 4. The first-order chi connectivity index (χ1) is 8.43. The van der Waals surface area contributed by atoms with Crippen LogP contribution >= 0.6 is 0 Å². The van der Waals surface area contributed by atoms with Crippen molar-refractivity contribution in [2.75, 3.05) is 0 Å². The molecule has 0 radical (unpaired) electrons. The summed E-state index contributed by atoms with van der Waals surface area (Å²) in [6, 6.07) is 4.36. The van der Waals surface area contributed by atoms with Crippen molar-refractivity contribution in [1.82, 2.24) is 5.32 Å². The molecular formula is C12H17N3O3. The van der Waals surface area contributed by atoms with Crippen molar-refractivity contribution in [3.63, 3.8) is 0 Å². The second-order valence-corrected chi connectivity index (χ2v) is 4.17. The highest BCUT2D eigenvalue weighted by atomic mass is 16.4. The molecule has 0 aliphatic rings. The number of benzene rings is 1.